The Bertz CT molecular complexity index is 1050. The summed E-state index contributed by atoms with van der Waals surface area (Å²) in [7, 11) is 1.52. The standard InChI is InChI=1S/C20H18ClN3O3/c1-13-10-19(26)24(20(22-13)14-6-5-7-15(21)11-14)12-18(25)23-16-8-3-4-9-17(16)27-2/h3-11H,12H2,1-2H3,(H,23,25). The van der Waals surface area contributed by atoms with E-state index >= 15 is 0 Å². The number of halogens is 1. The number of carbonyl (C=O) groups is 1. The van der Waals surface area contributed by atoms with Crippen LogP contribution in [0.4, 0.5) is 5.69 Å². The highest BCUT2D eigenvalue weighted by atomic mass is 35.5. The lowest BCUT2D eigenvalue weighted by atomic mass is 10.2. The number of nitrogens with zero attached hydrogens (tertiary/aromatic N) is 2. The highest BCUT2D eigenvalue weighted by Crippen LogP contribution is 2.23. The zero-order chi connectivity index (χ0) is 19.4. The molecule has 0 aliphatic heterocycles. The molecular formula is C20H18ClN3O3. The molecule has 0 aliphatic carbocycles. The van der Waals surface area contributed by atoms with Crippen molar-refractivity contribution < 1.29 is 9.53 Å². The molecular weight excluding hydrogens is 366 g/mol. The van der Waals surface area contributed by atoms with E-state index in [4.69, 9.17) is 16.3 Å². The van der Waals surface area contributed by atoms with Crippen molar-refractivity contribution in [2.75, 3.05) is 12.4 Å². The summed E-state index contributed by atoms with van der Waals surface area (Å²) >= 11 is 6.06. The van der Waals surface area contributed by atoms with Gasteiger partial charge in [-0.15, -0.1) is 0 Å². The van der Waals surface area contributed by atoms with Crippen LogP contribution in [0.15, 0.2) is 59.4 Å². The molecule has 0 aliphatic rings. The SMILES string of the molecule is COc1ccccc1NC(=O)Cn1c(-c2cccc(Cl)c2)nc(C)cc1=O. The Hall–Kier alpha value is -3.12. The van der Waals surface area contributed by atoms with Crippen molar-refractivity contribution in [3.63, 3.8) is 0 Å². The number of aryl methyl sites for hydroxylation is 1. The maximum atomic E-state index is 12.6. The molecule has 6 nitrogen and oxygen atoms in total. The van der Waals surface area contributed by atoms with Gasteiger partial charge in [0.2, 0.25) is 5.91 Å². The molecule has 2 aromatic carbocycles. The highest BCUT2D eigenvalue weighted by molar-refractivity contribution is 6.30. The zero-order valence-electron chi connectivity index (χ0n) is 14.9. The summed E-state index contributed by atoms with van der Waals surface area (Å²) < 4.78 is 6.55. The van der Waals surface area contributed by atoms with Crippen molar-refractivity contribution in [3.05, 3.63) is 75.7 Å². The lowest BCUT2D eigenvalue weighted by Crippen LogP contribution is -2.29. The van der Waals surface area contributed by atoms with Gasteiger partial charge in [0, 0.05) is 22.3 Å². The number of rotatable bonds is 5. The minimum Gasteiger partial charge on any atom is -0.495 e. The Morgan fingerprint density at radius 3 is 2.70 bits per heavy atom. The van der Waals surface area contributed by atoms with Gasteiger partial charge in [-0.3, -0.25) is 14.2 Å². The highest BCUT2D eigenvalue weighted by Gasteiger charge is 2.14. The molecule has 27 heavy (non-hydrogen) atoms. The first-order valence-corrected chi connectivity index (χ1v) is 8.63. The second-order valence-electron chi connectivity index (χ2n) is 5.90. The van der Waals surface area contributed by atoms with Crippen LogP contribution in [0.5, 0.6) is 5.75 Å². The van der Waals surface area contributed by atoms with Gasteiger partial charge in [0.25, 0.3) is 5.56 Å². The molecule has 1 aromatic heterocycles. The van der Waals surface area contributed by atoms with Gasteiger partial charge < -0.3 is 10.1 Å². The molecule has 0 spiro atoms. The summed E-state index contributed by atoms with van der Waals surface area (Å²) in [6, 6.07) is 15.5. The summed E-state index contributed by atoms with van der Waals surface area (Å²) in [4.78, 5) is 29.5. The van der Waals surface area contributed by atoms with Gasteiger partial charge in [0.05, 0.1) is 12.8 Å². The lowest BCUT2D eigenvalue weighted by molar-refractivity contribution is -0.116. The number of nitrogens with one attached hydrogen (secondary N) is 1. The monoisotopic (exact) mass is 383 g/mol. The molecule has 0 saturated carbocycles. The topological polar surface area (TPSA) is 73.2 Å². The number of aromatic nitrogens is 2. The van der Waals surface area contributed by atoms with E-state index < -0.39 is 0 Å². The van der Waals surface area contributed by atoms with E-state index in [0.29, 0.717) is 33.5 Å². The van der Waals surface area contributed by atoms with Gasteiger partial charge in [-0.1, -0.05) is 35.9 Å². The van der Waals surface area contributed by atoms with E-state index in [0.717, 1.165) is 0 Å². The van der Waals surface area contributed by atoms with E-state index in [2.05, 4.69) is 10.3 Å². The Kier molecular flexibility index (Phi) is 5.57. The smallest absolute Gasteiger partial charge is 0.254 e. The Balaban J connectivity index is 1.95. The van der Waals surface area contributed by atoms with Crippen LogP contribution < -0.4 is 15.6 Å². The molecule has 3 rings (SSSR count). The Labute approximate surface area is 161 Å². The van der Waals surface area contributed by atoms with E-state index in [-0.39, 0.29) is 18.0 Å². The lowest BCUT2D eigenvalue weighted by Gasteiger charge is -2.14. The molecule has 3 aromatic rings. The summed E-state index contributed by atoms with van der Waals surface area (Å²) in [6.07, 6.45) is 0. The van der Waals surface area contributed by atoms with Gasteiger partial charge in [-0.2, -0.15) is 0 Å². The minimum absolute atomic E-state index is 0.188. The van der Waals surface area contributed by atoms with Crippen LogP contribution in [0.1, 0.15) is 5.69 Å². The molecule has 0 atom stereocenters. The van der Waals surface area contributed by atoms with Gasteiger partial charge >= 0.3 is 0 Å². The van der Waals surface area contributed by atoms with Crippen molar-refractivity contribution in [2.24, 2.45) is 0 Å². The number of hydrogen-bond donors (Lipinski definition) is 1. The van der Waals surface area contributed by atoms with Gasteiger partial charge in [-0.25, -0.2) is 4.98 Å². The van der Waals surface area contributed by atoms with Crippen LogP contribution in [0.3, 0.4) is 0 Å². The minimum atomic E-state index is -0.365. The van der Waals surface area contributed by atoms with E-state index in [1.165, 1.54) is 17.7 Å². The van der Waals surface area contributed by atoms with Crippen LogP contribution >= 0.6 is 11.6 Å². The van der Waals surface area contributed by atoms with Crippen molar-refractivity contribution >= 4 is 23.2 Å². The first-order chi connectivity index (χ1) is 13.0. The number of hydrogen-bond acceptors (Lipinski definition) is 4. The van der Waals surface area contributed by atoms with Crippen molar-refractivity contribution in [2.45, 2.75) is 13.5 Å². The number of anilines is 1. The molecule has 7 heteroatoms. The molecule has 0 bridgehead atoms. The number of methoxy groups -OCH3 is 1. The Morgan fingerprint density at radius 1 is 1.19 bits per heavy atom. The molecule has 0 saturated heterocycles. The number of amides is 1. The maximum Gasteiger partial charge on any atom is 0.254 e. The third-order valence-electron chi connectivity index (χ3n) is 3.90. The Morgan fingerprint density at radius 2 is 1.96 bits per heavy atom. The first kappa shape index (κ1) is 18.7. The van der Waals surface area contributed by atoms with Crippen molar-refractivity contribution in [1.82, 2.24) is 9.55 Å². The quantitative estimate of drug-likeness (QED) is 0.731. The van der Waals surface area contributed by atoms with Gasteiger partial charge in [-0.05, 0) is 31.2 Å². The average Bonchev–Trinajstić information content (AvgIpc) is 2.64. The second-order valence-corrected chi connectivity index (χ2v) is 6.34. The van der Waals surface area contributed by atoms with E-state index in [1.807, 2.05) is 0 Å². The molecule has 0 unspecified atom stereocenters. The molecule has 0 fully saturated rings. The molecule has 0 radical (unpaired) electrons. The molecule has 138 valence electrons. The fourth-order valence-corrected chi connectivity index (χ4v) is 2.89. The fraction of sp³-hybridized carbons (Fsp3) is 0.150. The van der Waals surface area contributed by atoms with Crippen molar-refractivity contribution in [1.29, 1.82) is 0 Å². The van der Waals surface area contributed by atoms with Crippen molar-refractivity contribution in [3.8, 4) is 17.1 Å². The summed E-state index contributed by atoms with van der Waals surface area (Å²) in [5, 5.41) is 3.29. The maximum absolute atomic E-state index is 12.6. The average molecular weight is 384 g/mol. The molecule has 1 amide bonds. The van der Waals surface area contributed by atoms with Gasteiger partial charge in [0.1, 0.15) is 18.1 Å². The van der Waals surface area contributed by atoms with Crippen LogP contribution in [0.2, 0.25) is 5.02 Å². The summed E-state index contributed by atoms with van der Waals surface area (Å²) in [5.74, 6) is 0.559. The number of para-hydroxylation sites is 2. The normalized spacial score (nSPS) is 10.5. The van der Waals surface area contributed by atoms with E-state index in [9.17, 15) is 9.59 Å². The summed E-state index contributed by atoms with van der Waals surface area (Å²) in [5.41, 5.74) is 1.44. The van der Waals surface area contributed by atoms with Crippen LogP contribution in [-0.4, -0.2) is 22.6 Å². The second kappa shape index (κ2) is 8.05. The van der Waals surface area contributed by atoms with E-state index in [1.54, 1.807) is 55.5 Å². The third kappa shape index (κ3) is 4.35. The summed E-state index contributed by atoms with van der Waals surface area (Å²) in [6.45, 7) is 1.54. The fourth-order valence-electron chi connectivity index (χ4n) is 2.70. The predicted octanol–water partition coefficient (Wildman–Crippen LogP) is 3.52. The zero-order valence-corrected chi connectivity index (χ0v) is 15.7. The first-order valence-electron chi connectivity index (χ1n) is 8.25. The van der Waals surface area contributed by atoms with Crippen LogP contribution in [0.25, 0.3) is 11.4 Å². The van der Waals surface area contributed by atoms with Gasteiger partial charge in [0.15, 0.2) is 0 Å². The largest absolute Gasteiger partial charge is 0.495 e. The predicted molar refractivity (Wildman–Crippen MR) is 105 cm³/mol. The van der Waals surface area contributed by atoms with Crippen LogP contribution in [0, 0.1) is 6.92 Å². The third-order valence-corrected chi connectivity index (χ3v) is 4.14. The molecule has 1 N–H and O–H groups in total. The van der Waals surface area contributed by atoms with Crippen LogP contribution in [-0.2, 0) is 11.3 Å². The number of ether oxygens (including phenoxy) is 1. The molecule has 1 heterocycles. The number of benzene rings is 2. The number of carbonyl (C=O) groups excluding carboxylic acids is 1.